The standard InChI is InChI=1S/C27H37NO8/c1-26(2)23(27(26,3)4)18(29)16-14-28(17-11-7-6-10-15(16)17)12-8-5-9-13-35-25-21(32)19(30)20(31)22(36-25)24(33)34/h6-7,10-11,14,19-23,25,30-32H,5,8-9,12-13H2,1-4H3,(H,33,34)/t19-,20-,21+,22-,25+/m0/s1. The number of hydrogen-bond donors (Lipinski definition) is 4. The summed E-state index contributed by atoms with van der Waals surface area (Å²) >= 11 is 0. The average Bonchev–Trinajstić information content (AvgIpc) is 3.07. The van der Waals surface area contributed by atoms with Gasteiger partial charge in [-0.25, -0.2) is 4.79 Å². The number of aryl methyl sites for hydroxylation is 1. The summed E-state index contributed by atoms with van der Waals surface area (Å²) in [5, 5.41) is 39.7. The second kappa shape index (κ2) is 9.87. The fourth-order valence-electron chi connectivity index (χ4n) is 5.59. The summed E-state index contributed by atoms with van der Waals surface area (Å²) in [7, 11) is 0. The van der Waals surface area contributed by atoms with Gasteiger partial charge in [0.2, 0.25) is 0 Å². The highest BCUT2D eigenvalue weighted by atomic mass is 16.7. The van der Waals surface area contributed by atoms with Gasteiger partial charge >= 0.3 is 5.97 Å². The number of benzene rings is 1. The van der Waals surface area contributed by atoms with Crippen LogP contribution in [0.1, 0.15) is 57.3 Å². The van der Waals surface area contributed by atoms with E-state index in [1.54, 1.807) is 0 Å². The average molecular weight is 504 g/mol. The lowest BCUT2D eigenvalue weighted by molar-refractivity contribution is -0.294. The van der Waals surface area contributed by atoms with Gasteiger partial charge in [-0.3, -0.25) is 4.79 Å². The first kappa shape index (κ1) is 26.8. The molecule has 2 aliphatic rings. The predicted octanol–water partition coefficient (Wildman–Crippen LogP) is 2.59. The largest absolute Gasteiger partial charge is 0.479 e. The Labute approximate surface area is 210 Å². The van der Waals surface area contributed by atoms with Gasteiger partial charge in [-0.1, -0.05) is 45.9 Å². The summed E-state index contributed by atoms with van der Waals surface area (Å²) in [4.78, 5) is 24.6. The topological polar surface area (TPSA) is 138 Å². The Kier molecular flexibility index (Phi) is 7.34. The molecule has 0 amide bonds. The molecule has 1 aromatic heterocycles. The highest BCUT2D eigenvalue weighted by Crippen LogP contribution is 2.69. The van der Waals surface area contributed by atoms with E-state index in [1.807, 2.05) is 30.5 Å². The third-order valence-electron chi connectivity index (χ3n) is 8.48. The molecule has 5 atom stereocenters. The molecule has 36 heavy (non-hydrogen) atoms. The number of ketones is 1. The summed E-state index contributed by atoms with van der Waals surface area (Å²) in [6, 6.07) is 7.95. The van der Waals surface area contributed by atoms with E-state index in [0.717, 1.165) is 35.9 Å². The van der Waals surface area contributed by atoms with E-state index in [-0.39, 0.29) is 29.1 Å². The number of rotatable bonds is 10. The fourth-order valence-corrected chi connectivity index (χ4v) is 5.59. The molecule has 2 heterocycles. The van der Waals surface area contributed by atoms with E-state index < -0.39 is 36.7 Å². The highest BCUT2D eigenvalue weighted by molar-refractivity contribution is 6.11. The van der Waals surface area contributed by atoms with E-state index in [4.69, 9.17) is 14.6 Å². The Balaban J connectivity index is 1.31. The van der Waals surface area contributed by atoms with Crippen molar-refractivity contribution < 1.29 is 39.5 Å². The monoisotopic (exact) mass is 503 g/mol. The number of ether oxygens (including phenoxy) is 2. The molecule has 2 aromatic rings. The van der Waals surface area contributed by atoms with Crippen LogP contribution >= 0.6 is 0 Å². The van der Waals surface area contributed by atoms with Gasteiger partial charge in [-0.2, -0.15) is 0 Å². The van der Waals surface area contributed by atoms with Crippen molar-refractivity contribution in [3.63, 3.8) is 0 Å². The molecule has 9 nitrogen and oxygen atoms in total. The van der Waals surface area contributed by atoms with Crippen molar-refractivity contribution in [3.05, 3.63) is 36.0 Å². The number of unbranched alkanes of at least 4 members (excludes halogenated alkanes) is 2. The van der Waals surface area contributed by atoms with Crippen LogP contribution in [-0.4, -0.2) is 74.1 Å². The second-order valence-corrected chi connectivity index (χ2v) is 11.2. The van der Waals surface area contributed by atoms with Crippen LogP contribution < -0.4 is 0 Å². The normalized spacial score (nSPS) is 29.4. The van der Waals surface area contributed by atoms with Crippen LogP contribution in [0.25, 0.3) is 10.9 Å². The number of aliphatic hydroxyl groups is 3. The van der Waals surface area contributed by atoms with Gasteiger partial charge in [0.15, 0.2) is 18.2 Å². The van der Waals surface area contributed by atoms with Crippen molar-refractivity contribution in [1.29, 1.82) is 0 Å². The number of carbonyl (C=O) groups is 2. The van der Waals surface area contributed by atoms with Gasteiger partial charge < -0.3 is 34.5 Å². The SMILES string of the molecule is CC1(C)C(C(=O)c2cn(CCCCCO[C@@H]3O[C@H](C(=O)O)[C@@H](O)[C@H](O)[C@H]3O)c3ccccc23)C1(C)C. The number of fused-ring (bicyclic) bond motifs is 1. The van der Waals surface area contributed by atoms with Crippen molar-refractivity contribution in [2.24, 2.45) is 16.7 Å². The number of nitrogens with zero attached hydrogens (tertiary/aromatic N) is 1. The summed E-state index contributed by atoms with van der Waals surface area (Å²) in [5.74, 6) is -1.24. The van der Waals surface area contributed by atoms with Crippen LogP contribution in [0.15, 0.2) is 30.5 Å². The second-order valence-electron chi connectivity index (χ2n) is 11.2. The zero-order valence-electron chi connectivity index (χ0n) is 21.3. The van der Waals surface area contributed by atoms with Crippen LogP contribution in [0, 0.1) is 16.7 Å². The molecule has 1 aliphatic heterocycles. The van der Waals surface area contributed by atoms with E-state index in [9.17, 15) is 24.9 Å². The van der Waals surface area contributed by atoms with Crippen LogP contribution in [0.3, 0.4) is 0 Å². The first-order valence-corrected chi connectivity index (χ1v) is 12.6. The van der Waals surface area contributed by atoms with E-state index in [2.05, 4.69) is 32.3 Å². The summed E-state index contributed by atoms with van der Waals surface area (Å²) < 4.78 is 12.7. The van der Waals surface area contributed by atoms with Crippen LogP contribution in [0.5, 0.6) is 0 Å². The lowest BCUT2D eigenvalue weighted by Crippen LogP contribution is -2.60. The van der Waals surface area contributed by atoms with Crippen molar-refractivity contribution in [3.8, 4) is 0 Å². The fraction of sp³-hybridized carbons (Fsp3) is 0.630. The molecule has 0 radical (unpaired) electrons. The van der Waals surface area contributed by atoms with Crippen molar-refractivity contribution >= 4 is 22.7 Å². The van der Waals surface area contributed by atoms with Crippen LogP contribution in [-0.2, 0) is 20.8 Å². The molecule has 0 unspecified atom stereocenters. The first-order chi connectivity index (χ1) is 16.9. The number of hydrogen-bond acceptors (Lipinski definition) is 7. The molecule has 4 N–H and O–H groups in total. The molecule has 2 fully saturated rings. The Morgan fingerprint density at radius 1 is 0.972 bits per heavy atom. The number of para-hydroxylation sites is 1. The summed E-state index contributed by atoms with van der Waals surface area (Å²) in [6.07, 6.45) is -3.74. The zero-order chi connectivity index (χ0) is 26.4. The summed E-state index contributed by atoms with van der Waals surface area (Å²) in [5.41, 5.74) is 1.75. The van der Waals surface area contributed by atoms with Crippen molar-refractivity contribution in [2.75, 3.05) is 6.61 Å². The number of aromatic nitrogens is 1. The molecule has 198 valence electrons. The van der Waals surface area contributed by atoms with E-state index in [1.165, 1.54) is 0 Å². The number of aliphatic hydroxyl groups excluding tert-OH is 3. The Bertz CT molecular complexity index is 1110. The smallest absolute Gasteiger partial charge is 0.335 e. The maximum absolute atomic E-state index is 13.4. The maximum atomic E-state index is 13.4. The lowest BCUT2D eigenvalue weighted by atomic mass is 9.99. The Hall–Kier alpha value is -2.30. The van der Waals surface area contributed by atoms with E-state index >= 15 is 0 Å². The number of carboxylic acids is 1. The summed E-state index contributed by atoms with van der Waals surface area (Å²) in [6.45, 7) is 9.52. The molecule has 0 bridgehead atoms. The van der Waals surface area contributed by atoms with Gasteiger partial charge in [0.25, 0.3) is 0 Å². The minimum Gasteiger partial charge on any atom is -0.479 e. The molecular formula is C27H37NO8. The maximum Gasteiger partial charge on any atom is 0.335 e. The molecule has 1 aromatic carbocycles. The number of Topliss-reactive ketones (excluding diaryl/α,β-unsaturated/α-hetero) is 1. The molecular weight excluding hydrogens is 466 g/mol. The minimum atomic E-state index is -1.73. The van der Waals surface area contributed by atoms with Gasteiger partial charge in [0.05, 0.1) is 0 Å². The third kappa shape index (κ3) is 4.59. The molecule has 4 rings (SSSR count). The van der Waals surface area contributed by atoms with Gasteiger partial charge in [0, 0.05) is 41.7 Å². The van der Waals surface area contributed by atoms with Gasteiger partial charge in [0.1, 0.15) is 18.3 Å². The minimum absolute atomic E-state index is 0.000817. The van der Waals surface area contributed by atoms with Gasteiger partial charge in [-0.05, 0) is 36.2 Å². The van der Waals surface area contributed by atoms with Gasteiger partial charge in [-0.15, -0.1) is 0 Å². The molecule has 0 spiro atoms. The zero-order valence-corrected chi connectivity index (χ0v) is 21.3. The van der Waals surface area contributed by atoms with Crippen LogP contribution in [0.4, 0.5) is 0 Å². The van der Waals surface area contributed by atoms with E-state index in [0.29, 0.717) is 6.42 Å². The Morgan fingerprint density at radius 2 is 1.64 bits per heavy atom. The predicted molar refractivity (Wildman–Crippen MR) is 131 cm³/mol. The highest BCUT2D eigenvalue weighted by Gasteiger charge is 2.68. The number of aliphatic carboxylic acids is 1. The van der Waals surface area contributed by atoms with Crippen LogP contribution in [0.2, 0.25) is 0 Å². The molecule has 9 heteroatoms. The van der Waals surface area contributed by atoms with Crippen molar-refractivity contribution in [2.45, 2.75) is 84.2 Å². The molecule has 1 aliphatic carbocycles. The molecule has 1 saturated heterocycles. The number of carbonyl (C=O) groups excluding carboxylic acids is 1. The first-order valence-electron chi connectivity index (χ1n) is 12.6. The quantitative estimate of drug-likeness (QED) is 0.287. The lowest BCUT2D eigenvalue weighted by Gasteiger charge is -2.38. The number of carboxylic acid groups (broad SMARTS) is 1. The third-order valence-corrected chi connectivity index (χ3v) is 8.48. The van der Waals surface area contributed by atoms with Crippen molar-refractivity contribution in [1.82, 2.24) is 4.57 Å². The molecule has 1 saturated carbocycles. The Morgan fingerprint density at radius 3 is 2.28 bits per heavy atom.